The summed E-state index contributed by atoms with van der Waals surface area (Å²) in [5, 5.41) is 8.86. The Balaban J connectivity index is 0.00000196. The molecule has 15 heavy (non-hydrogen) atoms. The highest BCUT2D eigenvalue weighted by molar-refractivity contribution is 5.85. The second-order valence-corrected chi connectivity index (χ2v) is 3.24. The molecule has 3 nitrogen and oxygen atoms in total. The number of rotatable bonds is 4. The molecule has 1 aromatic carbocycles. The topological polar surface area (TPSA) is 75.8 Å². The minimum atomic E-state index is -0.0746. The SMILES string of the molecule is Cl.N#Cc1ccccc1[C@@H](N)CCCN. The average Bonchev–Trinajstić information content (AvgIpc) is 2.25. The summed E-state index contributed by atoms with van der Waals surface area (Å²) in [5.41, 5.74) is 12.9. The van der Waals surface area contributed by atoms with Crippen molar-refractivity contribution in [3.8, 4) is 6.07 Å². The number of nitrogens with zero attached hydrogens (tertiary/aromatic N) is 1. The van der Waals surface area contributed by atoms with Crippen LogP contribution in [0.5, 0.6) is 0 Å². The Hall–Kier alpha value is -1.08. The molecule has 0 radical (unpaired) electrons. The van der Waals surface area contributed by atoms with Crippen LogP contribution in [0.4, 0.5) is 0 Å². The number of hydrogen-bond donors (Lipinski definition) is 2. The van der Waals surface area contributed by atoms with Crippen LogP contribution < -0.4 is 11.5 Å². The highest BCUT2D eigenvalue weighted by Gasteiger charge is 2.09. The van der Waals surface area contributed by atoms with E-state index in [-0.39, 0.29) is 18.4 Å². The van der Waals surface area contributed by atoms with Crippen LogP contribution in [0.25, 0.3) is 0 Å². The Labute approximate surface area is 96.5 Å². The molecule has 0 amide bonds. The first kappa shape index (κ1) is 13.9. The molecule has 82 valence electrons. The van der Waals surface area contributed by atoms with Gasteiger partial charge in [0, 0.05) is 6.04 Å². The number of halogens is 1. The van der Waals surface area contributed by atoms with Crippen molar-refractivity contribution in [3.05, 3.63) is 35.4 Å². The molecular weight excluding hydrogens is 210 g/mol. The number of nitrogens with two attached hydrogens (primary N) is 2. The molecule has 0 fully saturated rings. The molecule has 0 aliphatic rings. The van der Waals surface area contributed by atoms with E-state index in [9.17, 15) is 0 Å². The highest BCUT2D eigenvalue weighted by Crippen LogP contribution is 2.18. The van der Waals surface area contributed by atoms with Crippen molar-refractivity contribution in [1.82, 2.24) is 0 Å². The van der Waals surface area contributed by atoms with Crippen LogP contribution >= 0.6 is 12.4 Å². The van der Waals surface area contributed by atoms with Gasteiger partial charge in [0.15, 0.2) is 0 Å². The third-order valence-corrected chi connectivity index (χ3v) is 2.20. The van der Waals surface area contributed by atoms with Crippen molar-refractivity contribution in [3.63, 3.8) is 0 Å². The fourth-order valence-electron chi connectivity index (χ4n) is 1.42. The summed E-state index contributed by atoms with van der Waals surface area (Å²) in [5.74, 6) is 0. The third kappa shape index (κ3) is 3.88. The molecule has 1 rings (SSSR count). The van der Waals surface area contributed by atoms with E-state index in [1.165, 1.54) is 0 Å². The zero-order valence-electron chi connectivity index (χ0n) is 8.52. The summed E-state index contributed by atoms with van der Waals surface area (Å²) in [4.78, 5) is 0. The fourth-order valence-corrected chi connectivity index (χ4v) is 1.42. The minimum Gasteiger partial charge on any atom is -0.330 e. The quantitative estimate of drug-likeness (QED) is 0.819. The Bertz CT molecular complexity index is 333. The molecule has 0 bridgehead atoms. The molecule has 0 heterocycles. The molecule has 0 saturated carbocycles. The number of benzene rings is 1. The lowest BCUT2D eigenvalue weighted by Crippen LogP contribution is -2.13. The largest absolute Gasteiger partial charge is 0.330 e. The van der Waals surface area contributed by atoms with Gasteiger partial charge in [0.1, 0.15) is 0 Å². The van der Waals surface area contributed by atoms with Crippen LogP contribution in [0.1, 0.15) is 30.0 Å². The first-order chi connectivity index (χ1) is 6.79. The molecule has 1 aromatic rings. The molecule has 4 N–H and O–H groups in total. The zero-order valence-corrected chi connectivity index (χ0v) is 9.33. The lowest BCUT2D eigenvalue weighted by Gasteiger charge is -2.12. The predicted octanol–water partition coefficient (Wildman–Crippen LogP) is 1.72. The maximum atomic E-state index is 8.86. The lowest BCUT2D eigenvalue weighted by molar-refractivity contribution is 0.617. The van der Waals surface area contributed by atoms with E-state index in [4.69, 9.17) is 16.7 Å². The predicted molar refractivity (Wildman–Crippen MR) is 63.6 cm³/mol. The second kappa shape index (κ2) is 7.24. The van der Waals surface area contributed by atoms with Crippen molar-refractivity contribution in [2.75, 3.05) is 6.54 Å². The lowest BCUT2D eigenvalue weighted by atomic mass is 9.98. The summed E-state index contributed by atoms with van der Waals surface area (Å²) in [7, 11) is 0. The van der Waals surface area contributed by atoms with Gasteiger partial charge in [-0.3, -0.25) is 0 Å². The van der Waals surface area contributed by atoms with Gasteiger partial charge in [0.25, 0.3) is 0 Å². The van der Waals surface area contributed by atoms with Crippen LogP contribution in [0.2, 0.25) is 0 Å². The van der Waals surface area contributed by atoms with Gasteiger partial charge in [-0.25, -0.2) is 0 Å². The maximum absolute atomic E-state index is 8.86. The third-order valence-electron chi connectivity index (χ3n) is 2.20. The van der Waals surface area contributed by atoms with Gasteiger partial charge in [-0.2, -0.15) is 5.26 Å². The van der Waals surface area contributed by atoms with Crippen LogP contribution in [0, 0.1) is 11.3 Å². The zero-order chi connectivity index (χ0) is 10.4. The number of hydrogen-bond acceptors (Lipinski definition) is 3. The van der Waals surface area contributed by atoms with Gasteiger partial charge in [-0.05, 0) is 31.0 Å². The maximum Gasteiger partial charge on any atom is 0.0995 e. The van der Waals surface area contributed by atoms with E-state index >= 15 is 0 Å². The Morgan fingerprint density at radius 3 is 2.60 bits per heavy atom. The van der Waals surface area contributed by atoms with Gasteiger partial charge in [-0.15, -0.1) is 12.4 Å². The van der Waals surface area contributed by atoms with Gasteiger partial charge < -0.3 is 11.5 Å². The van der Waals surface area contributed by atoms with E-state index in [0.717, 1.165) is 18.4 Å². The molecule has 0 aliphatic carbocycles. The number of nitriles is 1. The molecule has 4 heteroatoms. The molecule has 0 saturated heterocycles. The molecule has 1 atom stereocenters. The first-order valence-corrected chi connectivity index (χ1v) is 4.74. The van der Waals surface area contributed by atoms with Crippen molar-refractivity contribution in [1.29, 1.82) is 5.26 Å². The standard InChI is InChI=1S/C11H15N3.ClH/c12-7-3-6-11(14)10-5-2-1-4-9(10)8-13;/h1-2,4-5,11H,3,6-7,12,14H2;1H/t11-;/m0./s1. The van der Waals surface area contributed by atoms with Crippen molar-refractivity contribution < 1.29 is 0 Å². The van der Waals surface area contributed by atoms with Crippen molar-refractivity contribution >= 4 is 12.4 Å². The smallest absolute Gasteiger partial charge is 0.0995 e. The average molecular weight is 226 g/mol. The van der Waals surface area contributed by atoms with Gasteiger partial charge >= 0.3 is 0 Å². The van der Waals surface area contributed by atoms with E-state index in [2.05, 4.69) is 6.07 Å². The Morgan fingerprint density at radius 1 is 1.33 bits per heavy atom. The van der Waals surface area contributed by atoms with Crippen molar-refractivity contribution in [2.45, 2.75) is 18.9 Å². The Kier molecular flexibility index (Phi) is 6.72. The highest BCUT2D eigenvalue weighted by atomic mass is 35.5. The molecule has 0 spiro atoms. The van der Waals surface area contributed by atoms with Crippen molar-refractivity contribution in [2.24, 2.45) is 11.5 Å². The van der Waals surface area contributed by atoms with Crippen LogP contribution in [0.3, 0.4) is 0 Å². The van der Waals surface area contributed by atoms with E-state index in [1.807, 2.05) is 18.2 Å². The molecule has 0 aromatic heterocycles. The normalized spacial score (nSPS) is 11.3. The summed E-state index contributed by atoms with van der Waals surface area (Å²) in [6.45, 7) is 0.641. The van der Waals surface area contributed by atoms with Gasteiger partial charge in [0.05, 0.1) is 11.6 Å². The van der Waals surface area contributed by atoms with E-state index in [1.54, 1.807) is 6.07 Å². The summed E-state index contributed by atoms with van der Waals surface area (Å²) < 4.78 is 0. The monoisotopic (exact) mass is 225 g/mol. The molecular formula is C11H16ClN3. The van der Waals surface area contributed by atoms with Crippen LogP contribution in [-0.4, -0.2) is 6.54 Å². The van der Waals surface area contributed by atoms with Crippen LogP contribution in [-0.2, 0) is 0 Å². The molecule has 0 aliphatic heterocycles. The van der Waals surface area contributed by atoms with Gasteiger partial charge in [0.2, 0.25) is 0 Å². The first-order valence-electron chi connectivity index (χ1n) is 4.74. The summed E-state index contributed by atoms with van der Waals surface area (Å²) in [6.07, 6.45) is 1.72. The van der Waals surface area contributed by atoms with Gasteiger partial charge in [-0.1, -0.05) is 18.2 Å². The minimum absolute atomic E-state index is 0. The van der Waals surface area contributed by atoms with E-state index < -0.39 is 0 Å². The summed E-state index contributed by atoms with van der Waals surface area (Å²) >= 11 is 0. The second-order valence-electron chi connectivity index (χ2n) is 3.24. The van der Waals surface area contributed by atoms with E-state index in [0.29, 0.717) is 12.1 Å². The molecule has 0 unspecified atom stereocenters. The van der Waals surface area contributed by atoms with Crippen LogP contribution in [0.15, 0.2) is 24.3 Å². The Morgan fingerprint density at radius 2 is 2.00 bits per heavy atom. The summed E-state index contributed by atoms with van der Waals surface area (Å²) in [6, 6.07) is 9.51. The fraction of sp³-hybridized carbons (Fsp3) is 0.364.